The monoisotopic (exact) mass is 407 g/mol. The zero-order valence-electron chi connectivity index (χ0n) is 15.4. The Kier molecular flexibility index (Phi) is 8.10. The second-order valence-electron chi connectivity index (χ2n) is 5.97. The third-order valence-electron chi connectivity index (χ3n) is 4.14. The van der Waals surface area contributed by atoms with E-state index >= 15 is 0 Å². The van der Waals surface area contributed by atoms with Gasteiger partial charge in [-0.15, -0.1) is 0 Å². The van der Waals surface area contributed by atoms with Crippen molar-refractivity contribution >= 4 is 40.7 Å². The molecule has 2 aromatic carbocycles. The zero-order chi connectivity index (χ0) is 19.8. The van der Waals surface area contributed by atoms with Gasteiger partial charge in [0.1, 0.15) is 0 Å². The summed E-state index contributed by atoms with van der Waals surface area (Å²) in [4.78, 5) is 26.7. The Labute approximate surface area is 169 Å². The molecule has 2 rings (SSSR count). The maximum atomic E-state index is 12.3. The molecule has 27 heavy (non-hydrogen) atoms. The summed E-state index contributed by atoms with van der Waals surface area (Å²) in [5, 5.41) is 6.44. The van der Waals surface area contributed by atoms with Gasteiger partial charge in [-0.25, -0.2) is 0 Å². The van der Waals surface area contributed by atoms with Crippen molar-refractivity contribution in [2.24, 2.45) is 0 Å². The average molecular weight is 408 g/mol. The molecule has 0 aliphatic heterocycles. The van der Waals surface area contributed by atoms with Gasteiger partial charge in [0.15, 0.2) is 0 Å². The van der Waals surface area contributed by atoms with E-state index in [1.807, 2.05) is 0 Å². The van der Waals surface area contributed by atoms with Crippen LogP contribution in [0.15, 0.2) is 42.5 Å². The van der Waals surface area contributed by atoms with Crippen LogP contribution in [0.4, 0.5) is 5.69 Å². The summed E-state index contributed by atoms with van der Waals surface area (Å²) in [7, 11) is 0. The molecule has 0 radical (unpaired) electrons. The third-order valence-corrected chi connectivity index (χ3v) is 4.57. The topological polar surface area (TPSA) is 61.4 Å². The quantitative estimate of drug-likeness (QED) is 0.684. The number of benzene rings is 2. The minimum atomic E-state index is -0.323. The highest BCUT2D eigenvalue weighted by atomic mass is 35.5. The van der Waals surface area contributed by atoms with Crippen LogP contribution in [0.25, 0.3) is 0 Å². The fourth-order valence-corrected chi connectivity index (χ4v) is 3.09. The van der Waals surface area contributed by atoms with Gasteiger partial charge in [-0.1, -0.05) is 37.0 Å². The van der Waals surface area contributed by atoms with E-state index in [0.717, 1.165) is 19.6 Å². The highest BCUT2D eigenvalue weighted by molar-refractivity contribution is 6.35. The van der Waals surface area contributed by atoms with Crippen molar-refractivity contribution in [1.82, 2.24) is 10.2 Å². The molecule has 0 unspecified atom stereocenters. The third kappa shape index (κ3) is 6.54. The number of nitrogens with one attached hydrogen (secondary N) is 2. The Hall–Kier alpha value is -2.08. The van der Waals surface area contributed by atoms with Crippen molar-refractivity contribution < 1.29 is 9.59 Å². The lowest BCUT2D eigenvalue weighted by Crippen LogP contribution is -2.34. The van der Waals surface area contributed by atoms with Crippen molar-refractivity contribution in [3.8, 4) is 0 Å². The van der Waals surface area contributed by atoms with Gasteiger partial charge in [0, 0.05) is 39.9 Å². The molecule has 0 bridgehead atoms. The summed E-state index contributed by atoms with van der Waals surface area (Å²) < 4.78 is 0. The summed E-state index contributed by atoms with van der Waals surface area (Å²) >= 11 is 11.8. The second-order valence-corrected chi connectivity index (χ2v) is 6.85. The molecule has 0 aliphatic carbocycles. The molecule has 2 amide bonds. The number of carbonyl (C=O) groups excluding carboxylic acids is 2. The Bertz CT molecular complexity index is 770. The Morgan fingerprint density at radius 2 is 1.48 bits per heavy atom. The van der Waals surface area contributed by atoms with Gasteiger partial charge in [0.2, 0.25) is 0 Å². The van der Waals surface area contributed by atoms with E-state index in [4.69, 9.17) is 23.2 Å². The molecule has 2 aromatic rings. The first kappa shape index (κ1) is 21.2. The standard InChI is InChI=1S/C20H23Cl2N3O2/c1-3-25(4-2)10-9-23-19(26)14-5-7-18(8-6-14)24-20(27)15-11-16(21)13-17(22)12-15/h5-8,11-13H,3-4,9-10H2,1-2H3,(H,23,26)(H,24,27). The molecule has 0 aliphatic rings. The first-order valence-corrected chi connectivity index (χ1v) is 9.56. The van der Waals surface area contributed by atoms with Gasteiger partial charge in [0.05, 0.1) is 0 Å². The summed E-state index contributed by atoms with van der Waals surface area (Å²) in [6.07, 6.45) is 0. The van der Waals surface area contributed by atoms with E-state index in [1.165, 1.54) is 0 Å². The highest BCUT2D eigenvalue weighted by Crippen LogP contribution is 2.20. The molecule has 0 atom stereocenters. The largest absolute Gasteiger partial charge is 0.351 e. The number of carbonyl (C=O) groups is 2. The van der Waals surface area contributed by atoms with Crippen LogP contribution in [0.3, 0.4) is 0 Å². The normalized spacial score (nSPS) is 10.7. The Balaban J connectivity index is 1.92. The van der Waals surface area contributed by atoms with Crippen molar-refractivity contribution in [3.63, 3.8) is 0 Å². The van der Waals surface area contributed by atoms with E-state index in [9.17, 15) is 9.59 Å². The van der Waals surface area contributed by atoms with Crippen LogP contribution in [0.2, 0.25) is 10.0 Å². The fourth-order valence-electron chi connectivity index (χ4n) is 2.56. The molecule has 0 spiro atoms. The van der Waals surface area contributed by atoms with Crippen LogP contribution < -0.4 is 10.6 Å². The van der Waals surface area contributed by atoms with Gasteiger partial charge in [0.25, 0.3) is 11.8 Å². The lowest BCUT2D eigenvalue weighted by molar-refractivity contribution is 0.0948. The number of nitrogens with zero attached hydrogens (tertiary/aromatic N) is 1. The Morgan fingerprint density at radius 1 is 0.889 bits per heavy atom. The van der Waals surface area contributed by atoms with E-state index in [2.05, 4.69) is 29.4 Å². The first-order valence-electron chi connectivity index (χ1n) is 8.81. The molecule has 0 saturated carbocycles. The van der Waals surface area contributed by atoms with Crippen LogP contribution in [-0.2, 0) is 0 Å². The van der Waals surface area contributed by atoms with Crippen molar-refractivity contribution in [1.29, 1.82) is 0 Å². The number of halogens is 2. The zero-order valence-corrected chi connectivity index (χ0v) is 16.9. The van der Waals surface area contributed by atoms with E-state index < -0.39 is 0 Å². The predicted octanol–water partition coefficient (Wildman–Crippen LogP) is 4.32. The van der Waals surface area contributed by atoms with Crippen LogP contribution in [-0.4, -0.2) is 42.9 Å². The molecular formula is C20H23Cl2N3O2. The predicted molar refractivity (Wildman–Crippen MR) is 111 cm³/mol. The van der Waals surface area contributed by atoms with Gasteiger partial charge in [-0.3, -0.25) is 9.59 Å². The summed E-state index contributed by atoms with van der Waals surface area (Å²) in [6, 6.07) is 11.4. The summed E-state index contributed by atoms with van der Waals surface area (Å²) in [6.45, 7) is 7.51. The summed E-state index contributed by atoms with van der Waals surface area (Å²) in [5.41, 5.74) is 1.49. The smallest absolute Gasteiger partial charge is 0.255 e. The van der Waals surface area contributed by atoms with Crippen LogP contribution in [0.1, 0.15) is 34.6 Å². The minimum Gasteiger partial charge on any atom is -0.351 e. The van der Waals surface area contributed by atoms with E-state index in [0.29, 0.717) is 33.4 Å². The average Bonchev–Trinajstić information content (AvgIpc) is 2.65. The number of hydrogen-bond donors (Lipinski definition) is 2. The van der Waals surface area contributed by atoms with Gasteiger partial charge < -0.3 is 15.5 Å². The fraction of sp³-hybridized carbons (Fsp3) is 0.300. The van der Waals surface area contributed by atoms with E-state index in [-0.39, 0.29) is 11.8 Å². The number of hydrogen-bond acceptors (Lipinski definition) is 3. The molecule has 5 nitrogen and oxygen atoms in total. The van der Waals surface area contributed by atoms with Crippen LogP contribution >= 0.6 is 23.2 Å². The summed E-state index contributed by atoms with van der Waals surface area (Å²) in [5.74, 6) is -0.461. The lowest BCUT2D eigenvalue weighted by atomic mass is 10.1. The van der Waals surface area contributed by atoms with E-state index in [1.54, 1.807) is 42.5 Å². The first-order chi connectivity index (χ1) is 12.9. The molecule has 0 aromatic heterocycles. The molecule has 0 heterocycles. The highest BCUT2D eigenvalue weighted by Gasteiger charge is 2.10. The lowest BCUT2D eigenvalue weighted by Gasteiger charge is -2.18. The molecule has 0 fully saturated rings. The number of anilines is 1. The Morgan fingerprint density at radius 3 is 2.04 bits per heavy atom. The number of amides is 2. The van der Waals surface area contributed by atoms with Gasteiger partial charge in [-0.2, -0.15) is 0 Å². The van der Waals surface area contributed by atoms with Crippen molar-refractivity contribution in [2.45, 2.75) is 13.8 Å². The van der Waals surface area contributed by atoms with Crippen molar-refractivity contribution in [2.75, 3.05) is 31.5 Å². The van der Waals surface area contributed by atoms with Gasteiger partial charge in [-0.05, 0) is 55.6 Å². The molecule has 2 N–H and O–H groups in total. The number of rotatable bonds is 8. The number of likely N-dealkylation sites (N-methyl/N-ethyl adjacent to an activating group) is 1. The van der Waals surface area contributed by atoms with Crippen LogP contribution in [0.5, 0.6) is 0 Å². The maximum Gasteiger partial charge on any atom is 0.255 e. The molecule has 7 heteroatoms. The minimum absolute atomic E-state index is 0.137. The second kappa shape index (κ2) is 10.3. The molecular weight excluding hydrogens is 385 g/mol. The SMILES string of the molecule is CCN(CC)CCNC(=O)c1ccc(NC(=O)c2cc(Cl)cc(Cl)c2)cc1. The van der Waals surface area contributed by atoms with Gasteiger partial charge >= 0.3 is 0 Å². The molecule has 0 saturated heterocycles. The van der Waals surface area contributed by atoms with Crippen molar-refractivity contribution in [3.05, 3.63) is 63.6 Å². The molecule has 144 valence electrons. The maximum absolute atomic E-state index is 12.3. The van der Waals surface area contributed by atoms with Crippen LogP contribution in [0, 0.1) is 0 Å².